The third-order valence-electron chi connectivity index (χ3n) is 4.95. The maximum atomic E-state index is 13.1. The average molecular weight is 351 g/mol. The summed E-state index contributed by atoms with van der Waals surface area (Å²) in [4.78, 5) is 33.5. The molecule has 1 aromatic rings. The van der Waals surface area contributed by atoms with Gasteiger partial charge in [-0.25, -0.2) is 0 Å². The predicted molar refractivity (Wildman–Crippen MR) is 103 cm³/mol. The minimum Gasteiger partial charge on any atom is -0.345 e. The lowest BCUT2D eigenvalue weighted by atomic mass is 9.81. The topological polar surface area (TPSA) is 53.0 Å². The number of aliphatic imine (C=N–C) groups is 1. The number of benzene rings is 1. The van der Waals surface area contributed by atoms with Crippen LogP contribution in [0.15, 0.2) is 52.2 Å². The summed E-state index contributed by atoms with van der Waals surface area (Å²) in [5, 5.41) is 0. The third-order valence-corrected chi connectivity index (χ3v) is 4.95. The fourth-order valence-corrected chi connectivity index (χ4v) is 3.40. The number of nitrogens with zero attached hydrogens (tertiary/aromatic N) is 3. The highest BCUT2D eigenvalue weighted by atomic mass is 16.2. The van der Waals surface area contributed by atoms with E-state index in [9.17, 15) is 9.59 Å². The van der Waals surface area contributed by atoms with Crippen molar-refractivity contribution in [3.63, 3.8) is 0 Å². The van der Waals surface area contributed by atoms with E-state index in [1.165, 1.54) is 4.90 Å². The van der Waals surface area contributed by atoms with E-state index in [4.69, 9.17) is 0 Å². The zero-order valence-corrected chi connectivity index (χ0v) is 16.0. The van der Waals surface area contributed by atoms with E-state index < -0.39 is 0 Å². The molecule has 0 bridgehead atoms. The standard InChI is InChI=1S/C21H25N3O2/c1-14-6-8-15(9-7-14)19(25)24-12-17(20(26)23(4)5)16-10-22-11-18(16)21(2,3)13-24/h6-10,12H,11,13H2,1-5H3. The van der Waals surface area contributed by atoms with E-state index in [0.717, 1.165) is 16.7 Å². The molecule has 2 aliphatic heterocycles. The summed E-state index contributed by atoms with van der Waals surface area (Å²) in [5.74, 6) is -0.217. The Bertz CT molecular complexity index is 843. The molecule has 3 rings (SSSR count). The Morgan fingerprint density at radius 2 is 1.81 bits per heavy atom. The third kappa shape index (κ3) is 3.21. The number of carbonyl (C=O) groups is 2. The lowest BCUT2D eigenvalue weighted by Gasteiger charge is -2.30. The van der Waals surface area contributed by atoms with Crippen LogP contribution in [-0.2, 0) is 4.79 Å². The molecule has 0 fully saturated rings. The predicted octanol–water partition coefficient (Wildman–Crippen LogP) is 2.83. The molecule has 0 aromatic heterocycles. The molecular formula is C21H25N3O2. The normalized spacial score (nSPS) is 18.3. The van der Waals surface area contributed by atoms with Crippen molar-refractivity contribution in [2.24, 2.45) is 10.4 Å². The van der Waals surface area contributed by atoms with Crippen molar-refractivity contribution < 1.29 is 9.59 Å². The first-order valence-corrected chi connectivity index (χ1v) is 8.75. The van der Waals surface area contributed by atoms with Gasteiger partial charge in [0.2, 0.25) is 0 Å². The van der Waals surface area contributed by atoms with Crippen LogP contribution in [0.1, 0.15) is 29.8 Å². The van der Waals surface area contributed by atoms with Gasteiger partial charge in [-0.05, 0) is 24.6 Å². The molecule has 2 heterocycles. The van der Waals surface area contributed by atoms with E-state index in [-0.39, 0.29) is 17.2 Å². The van der Waals surface area contributed by atoms with Crippen molar-refractivity contribution in [3.8, 4) is 0 Å². The van der Waals surface area contributed by atoms with Gasteiger partial charge in [0.1, 0.15) is 0 Å². The number of hydrogen-bond donors (Lipinski definition) is 0. The van der Waals surface area contributed by atoms with Crippen LogP contribution < -0.4 is 0 Å². The SMILES string of the molecule is Cc1ccc(C(=O)N2C=C(C(=O)N(C)C)C3=C(CN=C3)C(C)(C)C2)cc1. The summed E-state index contributed by atoms with van der Waals surface area (Å²) < 4.78 is 0. The average Bonchev–Trinajstić information content (AvgIpc) is 3.04. The van der Waals surface area contributed by atoms with Gasteiger partial charge in [-0.3, -0.25) is 14.6 Å². The van der Waals surface area contributed by atoms with Crippen molar-refractivity contribution >= 4 is 18.0 Å². The van der Waals surface area contributed by atoms with Crippen LogP contribution in [0, 0.1) is 12.3 Å². The molecule has 1 aromatic carbocycles. The summed E-state index contributed by atoms with van der Waals surface area (Å²) in [5.41, 5.74) is 3.95. The second-order valence-electron chi connectivity index (χ2n) is 7.79. The van der Waals surface area contributed by atoms with E-state index in [1.807, 2.05) is 31.2 Å². The van der Waals surface area contributed by atoms with Crippen LogP contribution in [0.4, 0.5) is 0 Å². The molecule has 0 aliphatic carbocycles. The van der Waals surface area contributed by atoms with E-state index in [2.05, 4.69) is 18.8 Å². The highest BCUT2D eigenvalue weighted by molar-refractivity contribution is 6.08. The molecule has 5 nitrogen and oxygen atoms in total. The molecule has 5 heteroatoms. The zero-order chi connectivity index (χ0) is 19.1. The van der Waals surface area contributed by atoms with Crippen molar-refractivity contribution in [1.29, 1.82) is 0 Å². The molecule has 0 spiro atoms. The first-order valence-electron chi connectivity index (χ1n) is 8.75. The molecule has 136 valence electrons. The highest BCUT2D eigenvalue weighted by Crippen LogP contribution is 2.38. The van der Waals surface area contributed by atoms with E-state index in [0.29, 0.717) is 24.2 Å². The first-order chi connectivity index (χ1) is 12.2. The second kappa shape index (κ2) is 6.56. The molecule has 26 heavy (non-hydrogen) atoms. The molecular weight excluding hydrogens is 326 g/mol. The number of likely N-dealkylation sites (N-methyl/N-ethyl adjacent to an activating group) is 1. The van der Waals surface area contributed by atoms with Crippen LogP contribution in [0.5, 0.6) is 0 Å². The molecule has 2 aliphatic rings. The van der Waals surface area contributed by atoms with Gasteiger partial charge in [0.15, 0.2) is 0 Å². The van der Waals surface area contributed by atoms with Crippen molar-refractivity contribution in [3.05, 3.63) is 58.3 Å². The molecule has 0 N–H and O–H groups in total. The van der Waals surface area contributed by atoms with Gasteiger partial charge in [-0.1, -0.05) is 31.5 Å². The Labute approximate surface area is 154 Å². The fraction of sp³-hybridized carbons (Fsp3) is 0.381. The molecule has 0 atom stereocenters. The molecule has 0 unspecified atom stereocenters. The maximum Gasteiger partial charge on any atom is 0.257 e. The van der Waals surface area contributed by atoms with Gasteiger partial charge in [0, 0.05) is 49.6 Å². The summed E-state index contributed by atoms with van der Waals surface area (Å²) >= 11 is 0. The van der Waals surface area contributed by atoms with Crippen LogP contribution in [0.2, 0.25) is 0 Å². The Hall–Kier alpha value is -2.69. The maximum absolute atomic E-state index is 13.1. The summed E-state index contributed by atoms with van der Waals surface area (Å²) in [6, 6.07) is 7.52. The van der Waals surface area contributed by atoms with Gasteiger partial charge < -0.3 is 9.80 Å². The monoisotopic (exact) mass is 351 g/mol. The number of aryl methyl sites for hydroxylation is 1. The lowest BCUT2D eigenvalue weighted by molar-refractivity contribution is -0.124. The van der Waals surface area contributed by atoms with E-state index >= 15 is 0 Å². The van der Waals surface area contributed by atoms with Crippen molar-refractivity contribution in [2.45, 2.75) is 20.8 Å². The summed E-state index contributed by atoms with van der Waals surface area (Å²) in [7, 11) is 3.44. The van der Waals surface area contributed by atoms with Crippen LogP contribution >= 0.6 is 0 Å². The van der Waals surface area contributed by atoms with E-state index in [1.54, 1.807) is 31.4 Å². The second-order valence-corrected chi connectivity index (χ2v) is 7.79. The van der Waals surface area contributed by atoms with Crippen LogP contribution in [0.3, 0.4) is 0 Å². The lowest BCUT2D eigenvalue weighted by Crippen LogP contribution is -2.36. The Balaban J connectivity index is 2.07. The fourth-order valence-electron chi connectivity index (χ4n) is 3.40. The summed E-state index contributed by atoms with van der Waals surface area (Å²) in [6.45, 7) is 7.27. The zero-order valence-electron chi connectivity index (χ0n) is 16.0. The Morgan fingerprint density at radius 1 is 1.15 bits per heavy atom. The number of amides is 2. The largest absolute Gasteiger partial charge is 0.345 e. The number of rotatable bonds is 2. The quantitative estimate of drug-likeness (QED) is 0.823. The van der Waals surface area contributed by atoms with Crippen molar-refractivity contribution in [1.82, 2.24) is 9.80 Å². The van der Waals surface area contributed by atoms with Gasteiger partial charge in [0.25, 0.3) is 11.8 Å². The highest BCUT2D eigenvalue weighted by Gasteiger charge is 2.37. The number of carbonyl (C=O) groups excluding carboxylic acids is 2. The van der Waals surface area contributed by atoms with Crippen LogP contribution in [0.25, 0.3) is 0 Å². The smallest absolute Gasteiger partial charge is 0.257 e. The Kier molecular flexibility index (Phi) is 4.57. The molecule has 2 amide bonds. The van der Waals surface area contributed by atoms with Gasteiger partial charge in [-0.2, -0.15) is 0 Å². The van der Waals surface area contributed by atoms with Crippen LogP contribution in [-0.4, -0.2) is 55.0 Å². The molecule has 0 radical (unpaired) electrons. The van der Waals surface area contributed by atoms with Gasteiger partial charge in [0.05, 0.1) is 12.1 Å². The van der Waals surface area contributed by atoms with Gasteiger partial charge >= 0.3 is 0 Å². The minimum atomic E-state index is -0.267. The van der Waals surface area contributed by atoms with Gasteiger partial charge in [-0.15, -0.1) is 0 Å². The molecule has 0 saturated carbocycles. The van der Waals surface area contributed by atoms with Crippen molar-refractivity contribution in [2.75, 3.05) is 27.2 Å². The summed E-state index contributed by atoms with van der Waals surface area (Å²) in [6.07, 6.45) is 3.47. The first kappa shape index (κ1) is 18.1. The number of hydrogen-bond acceptors (Lipinski definition) is 3. The molecule has 0 saturated heterocycles. The minimum absolute atomic E-state index is 0.0970. The Morgan fingerprint density at radius 3 is 2.42 bits per heavy atom.